The number of likely N-dealkylation sites (tertiary alicyclic amines) is 1. The van der Waals surface area contributed by atoms with Crippen LogP contribution in [0.3, 0.4) is 0 Å². The monoisotopic (exact) mass is 557 g/mol. The maximum Gasteiger partial charge on any atom is 0.335 e. The van der Waals surface area contributed by atoms with E-state index in [4.69, 9.17) is 32.0 Å². The number of rotatable bonds is 7. The van der Waals surface area contributed by atoms with Gasteiger partial charge in [-0.05, 0) is 73.7 Å². The molecule has 208 valence electrons. The zero-order valence-electron chi connectivity index (χ0n) is 21.4. The minimum atomic E-state index is -2.27. The molecule has 2 aliphatic rings. The van der Waals surface area contributed by atoms with Crippen molar-refractivity contribution in [1.29, 1.82) is 0 Å². The number of carbonyl (C=O) groups excluding carboxylic acids is 1. The highest BCUT2D eigenvalue weighted by atomic mass is 35.5. The Balaban J connectivity index is 0.000000303. The number of nitrogens with zero attached hydrogens (tertiary/aromatic N) is 1. The van der Waals surface area contributed by atoms with E-state index in [2.05, 4.69) is 46.6 Å². The molecule has 5 rings (SSSR count). The second-order valence-electron chi connectivity index (χ2n) is 10.1. The molecule has 2 aromatic carbocycles. The van der Waals surface area contributed by atoms with Crippen LogP contribution in [0.25, 0.3) is 10.9 Å². The SMILES string of the molecule is CN1C[C@H](CCNC(=O)c2ccc(Cl)cc2)CC2c3cccc4[nH]cc(c34)C[C@H]21.O=C(O)[C@H](O)[C@@H](O)C(=O)O. The zero-order valence-corrected chi connectivity index (χ0v) is 22.1. The van der Waals surface area contributed by atoms with Gasteiger partial charge in [-0.1, -0.05) is 23.7 Å². The lowest BCUT2D eigenvalue weighted by molar-refractivity contribution is -0.165. The van der Waals surface area contributed by atoms with Crippen molar-refractivity contribution in [2.45, 2.75) is 43.4 Å². The van der Waals surface area contributed by atoms with E-state index in [9.17, 15) is 14.4 Å². The fraction of sp³-hybridized carbons (Fsp3) is 0.393. The molecule has 0 bridgehead atoms. The number of carboxylic acid groups (broad SMARTS) is 2. The number of aliphatic carboxylic acids is 2. The van der Waals surface area contributed by atoms with E-state index in [-0.39, 0.29) is 5.91 Å². The van der Waals surface area contributed by atoms with Crippen LogP contribution >= 0.6 is 11.6 Å². The maximum absolute atomic E-state index is 12.4. The average molecular weight is 558 g/mol. The average Bonchev–Trinajstić information content (AvgIpc) is 3.33. The summed E-state index contributed by atoms with van der Waals surface area (Å²) in [6, 6.07) is 14.3. The molecule has 6 N–H and O–H groups in total. The van der Waals surface area contributed by atoms with Gasteiger partial charge in [0.25, 0.3) is 5.91 Å². The lowest BCUT2D eigenvalue weighted by Crippen LogP contribution is -2.48. The van der Waals surface area contributed by atoms with Gasteiger partial charge in [-0.2, -0.15) is 0 Å². The number of hydrogen-bond acceptors (Lipinski definition) is 6. The Morgan fingerprint density at radius 2 is 1.74 bits per heavy atom. The molecule has 1 aliphatic carbocycles. The third-order valence-electron chi connectivity index (χ3n) is 7.56. The summed E-state index contributed by atoms with van der Waals surface area (Å²) in [6.45, 7) is 1.80. The fourth-order valence-corrected chi connectivity index (χ4v) is 5.75. The Morgan fingerprint density at radius 1 is 1.08 bits per heavy atom. The van der Waals surface area contributed by atoms with Crippen molar-refractivity contribution in [2.24, 2.45) is 5.92 Å². The van der Waals surface area contributed by atoms with Crippen LogP contribution in [-0.4, -0.2) is 86.5 Å². The van der Waals surface area contributed by atoms with Crippen molar-refractivity contribution in [2.75, 3.05) is 20.1 Å². The van der Waals surface area contributed by atoms with Crippen LogP contribution in [-0.2, 0) is 16.0 Å². The lowest BCUT2D eigenvalue weighted by atomic mass is 9.72. The molecule has 1 aromatic heterocycles. The number of carboxylic acids is 2. The topological polar surface area (TPSA) is 163 Å². The molecule has 1 fully saturated rings. The number of nitrogens with one attached hydrogen (secondary N) is 2. The highest BCUT2D eigenvalue weighted by Crippen LogP contribution is 2.44. The van der Waals surface area contributed by atoms with Crippen LogP contribution in [0.5, 0.6) is 0 Å². The molecule has 11 heteroatoms. The Morgan fingerprint density at radius 3 is 2.38 bits per heavy atom. The number of hydrogen-bond donors (Lipinski definition) is 6. The summed E-state index contributed by atoms with van der Waals surface area (Å²) >= 11 is 5.91. The summed E-state index contributed by atoms with van der Waals surface area (Å²) in [5.74, 6) is -2.41. The van der Waals surface area contributed by atoms with E-state index in [0.29, 0.717) is 35.0 Å². The van der Waals surface area contributed by atoms with E-state index in [1.54, 1.807) is 24.3 Å². The van der Waals surface area contributed by atoms with Crippen molar-refractivity contribution < 1.29 is 34.8 Å². The number of aliphatic hydroxyl groups is 2. The Labute approximate surface area is 230 Å². The number of carbonyl (C=O) groups is 3. The smallest absolute Gasteiger partial charge is 0.335 e. The summed E-state index contributed by atoms with van der Waals surface area (Å²) in [7, 11) is 2.26. The molecule has 1 aliphatic heterocycles. The first-order valence-corrected chi connectivity index (χ1v) is 13.1. The molecule has 0 saturated carbocycles. The van der Waals surface area contributed by atoms with Crippen LogP contribution in [0.15, 0.2) is 48.7 Å². The van der Waals surface area contributed by atoms with Crippen molar-refractivity contribution >= 4 is 40.3 Å². The summed E-state index contributed by atoms with van der Waals surface area (Å²) in [5.41, 5.74) is 4.87. The molecule has 10 nitrogen and oxygen atoms in total. The summed E-state index contributed by atoms with van der Waals surface area (Å²) in [4.78, 5) is 37.9. The third-order valence-corrected chi connectivity index (χ3v) is 7.81. The molecule has 0 radical (unpaired) electrons. The van der Waals surface area contributed by atoms with Gasteiger partial charge >= 0.3 is 11.9 Å². The number of aliphatic hydroxyl groups excluding tert-OH is 2. The van der Waals surface area contributed by atoms with E-state index in [1.807, 2.05) is 0 Å². The molecule has 1 amide bonds. The number of aromatic amines is 1. The molecule has 3 aromatic rings. The summed E-state index contributed by atoms with van der Waals surface area (Å²) < 4.78 is 0. The highest BCUT2D eigenvalue weighted by Gasteiger charge is 2.39. The van der Waals surface area contributed by atoms with Crippen molar-refractivity contribution in [3.05, 3.63) is 70.4 Å². The molecule has 5 atom stereocenters. The number of likely N-dealkylation sites (N-methyl/N-ethyl adjacent to an activating group) is 1. The zero-order chi connectivity index (χ0) is 28.3. The Hall–Kier alpha value is -3.44. The van der Waals surface area contributed by atoms with Gasteiger partial charge in [0.15, 0.2) is 12.2 Å². The molecule has 2 heterocycles. The molecular formula is C28H32ClN3O7. The summed E-state index contributed by atoms with van der Waals surface area (Å²) in [6.07, 6.45) is 0.975. The van der Waals surface area contributed by atoms with E-state index < -0.39 is 24.1 Å². The van der Waals surface area contributed by atoms with Gasteiger partial charge in [0.1, 0.15) is 0 Å². The van der Waals surface area contributed by atoms with Gasteiger partial charge in [-0.15, -0.1) is 0 Å². The first kappa shape index (κ1) is 28.6. The van der Waals surface area contributed by atoms with Gasteiger partial charge in [0, 0.05) is 52.7 Å². The number of fused-ring (bicyclic) bond motifs is 2. The largest absolute Gasteiger partial charge is 0.479 e. The van der Waals surface area contributed by atoms with Crippen molar-refractivity contribution in [3.8, 4) is 0 Å². The van der Waals surface area contributed by atoms with Gasteiger partial charge in [0.05, 0.1) is 0 Å². The normalized spacial score (nSPS) is 21.7. The molecule has 39 heavy (non-hydrogen) atoms. The van der Waals surface area contributed by atoms with Gasteiger partial charge in [-0.25, -0.2) is 9.59 Å². The van der Waals surface area contributed by atoms with E-state index >= 15 is 0 Å². The van der Waals surface area contributed by atoms with E-state index in [1.165, 1.54) is 28.5 Å². The summed E-state index contributed by atoms with van der Waals surface area (Å²) in [5, 5.41) is 37.7. The molecule has 0 spiro atoms. The highest BCUT2D eigenvalue weighted by molar-refractivity contribution is 6.30. The second kappa shape index (κ2) is 12.2. The van der Waals surface area contributed by atoms with Crippen LogP contribution in [0.4, 0.5) is 0 Å². The Bertz CT molecular complexity index is 1320. The standard InChI is InChI=1S/C24H26ClN3O.C4H6O6/c1-28-14-15(9-10-26-24(29)16-5-7-18(25)8-6-16)11-20-19-3-2-4-21-23(19)17(13-27-21)12-22(20)28;5-1(3(7)8)2(6)4(9)10/h2-8,13,15,20,22,27H,9-12,14H2,1H3,(H,26,29);1-2,5-6H,(H,7,8)(H,9,10)/t15-,20?,22-;1-,2-/m11/s1. The van der Waals surface area contributed by atoms with Gasteiger partial charge < -0.3 is 35.6 Å². The molecular weight excluding hydrogens is 526 g/mol. The number of halogens is 1. The van der Waals surface area contributed by atoms with Gasteiger partial charge in [0.2, 0.25) is 0 Å². The minimum Gasteiger partial charge on any atom is -0.479 e. The van der Waals surface area contributed by atoms with Crippen LogP contribution in [0, 0.1) is 5.92 Å². The minimum absolute atomic E-state index is 0.0249. The fourth-order valence-electron chi connectivity index (χ4n) is 5.63. The first-order valence-electron chi connectivity index (χ1n) is 12.7. The van der Waals surface area contributed by atoms with Crippen molar-refractivity contribution in [1.82, 2.24) is 15.2 Å². The number of benzene rings is 2. The van der Waals surface area contributed by atoms with Crippen LogP contribution in [0.1, 0.15) is 40.2 Å². The predicted octanol–water partition coefficient (Wildman–Crippen LogP) is 2.48. The van der Waals surface area contributed by atoms with Crippen LogP contribution in [0.2, 0.25) is 5.02 Å². The van der Waals surface area contributed by atoms with Crippen molar-refractivity contribution in [3.63, 3.8) is 0 Å². The second-order valence-corrected chi connectivity index (χ2v) is 10.6. The van der Waals surface area contributed by atoms with Gasteiger partial charge in [-0.3, -0.25) is 4.79 Å². The quantitative estimate of drug-likeness (QED) is 0.258. The molecule has 1 saturated heterocycles. The van der Waals surface area contributed by atoms with Crippen LogP contribution < -0.4 is 5.32 Å². The first-order chi connectivity index (χ1) is 18.6. The van der Waals surface area contributed by atoms with E-state index in [0.717, 1.165) is 19.4 Å². The number of H-pyrrole nitrogens is 1. The number of amides is 1. The number of piperidine rings is 1. The lowest BCUT2D eigenvalue weighted by Gasteiger charge is -2.45. The maximum atomic E-state index is 12.4. The third kappa shape index (κ3) is 6.42. The number of aromatic nitrogens is 1. The molecule has 1 unspecified atom stereocenters. The predicted molar refractivity (Wildman–Crippen MR) is 145 cm³/mol. The Kier molecular flexibility index (Phi) is 8.91.